The number of carbonyl (C=O) groups excluding carboxylic acids is 2. The van der Waals surface area contributed by atoms with Crippen LogP contribution in [-0.4, -0.2) is 23.8 Å². The third-order valence-corrected chi connectivity index (χ3v) is 4.02. The molecule has 1 aliphatic rings. The predicted molar refractivity (Wildman–Crippen MR) is 91.7 cm³/mol. The van der Waals surface area contributed by atoms with Gasteiger partial charge in [-0.1, -0.05) is 12.1 Å². The zero-order valence-corrected chi connectivity index (χ0v) is 13.9. The number of anilines is 1. The van der Waals surface area contributed by atoms with Gasteiger partial charge in [-0.05, 0) is 35.9 Å². The van der Waals surface area contributed by atoms with E-state index in [0.29, 0.717) is 11.3 Å². The van der Waals surface area contributed by atoms with Gasteiger partial charge in [-0.15, -0.1) is 0 Å². The molecule has 2 amide bonds. The second kappa shape index (κ2) is 7.35. The van der Waals surface area contributed by atoms with Crippen LogP contribution in [0.1, 0.15) is 18.0 Å². The lowest BCUT2D eigenvalue weighted by atomic mass is 9.97. The summed E-state index contributed by atoms with van der Waals surface area (Å²) in [6, 6.07) is 8.51. The number of benzene rings is 2. The van der Waals surface area contributed by atoms with E-state index in [-0.39, 0.29) is 18.0 Å². The van der Waals surface area contributed by atoms with Gasteiger partial charge in [0, 0.05) is 24.4 Å². The summed E-state index contributed by atoms with van der Waals surface area (Å²) in [6.45, 7) is 0. The summed E-state index contributed by atoms with van der Waals surface area (Å²) in [5.74, 6) is -1.17. The highest BCUT2D eigenvalue weighted by Crippen LogP contribution is 2.30. The van der Waals surface area contributed by atoms with E-state index >= 15 is 0 Å². The first-order chi connectivity index (χ1) is 12.5. The molecule has 2 aromatic rings. The van der Waals surface area contributed by atoms with Crippen LogP contribution in [-0.2, 0) is 4.79 Å². The number of ketones is 1. The number of carbonyl (C=O) groups is 2. The second-order valence-corrected chi connectivity index (χ2v) is 5.74. The van der Waals surface area contributed by atoms with Gasteiger partial charge in [0.05, 0.1) is 13.2 Å². The standard InChI is InChI=1S/C19H16F2N2O3/c1-26-18-10-14(5-6-16(18)21)22-19(25)23-8-7-15(24)11-17(23)12-3-2-4-13(20)9-12/h2-10,17H,11H2,1H3,(H,22,25)/t17-/m0/s1. The Labute approximate surface area is 148 Å². The fraction of sp³-hybridized carbons (Fsp3) is 0.158. The Morgan fingerprint density at radius 1 is 1.23 bits per heavy atom. The Morgan fingerprint density at radius 2 is 2.04 bits per heavy atom. The van der Waals surface area contributed by atoms with E-state index in [0.717, 1.165) is 0 Å². The van der Waals surface area contributed by atoms with Gasteiger partial charge in [0.2, 0.25) is 0 Å². The van der Waals surface area contributed by atoms with Gasteiger partial charge in [0.1, 0.15) is 5.82 Å². The van der Waals surface area contributed by atoms with Crippen molar-refractivity contribution in [1.29, 1.82) is 0 Å². The molecular weight excluding hydrogens is 342 g/mol. The van der Waals surface area contributed by atoms with Gasteiger partial charge in [-0.3, -0.25) is 9.69 Å². The molecule has 7 heteroatoms. The number of halogens is 2. The van der Waals surface area contributed by atoms with Crippen LogP contribution in [0.15, 0.2) is 54.7 Å². The molecule has 0 unspecified atom stereocenters. The minimum Gasteiger partial charge on any atom is -0.494 e. The summed E-state index contributed by atoms with van der Waals surface area (Å²) in [7, 11) is 1.32. The van der Waals surface area contributed by atoms with E-state index in [1.807, 2.05) is 0 Å². The van der Waals surface area contributed by atoms with Crippen molar-refractivity contribution in [2.24, 2.45) is 0 Å². The molecule has 26 heavy (non-hydrogen) atoms. The van der Waals surface area contributed by atoms with Crippen molar-refractivity contribution in [3.63, 3.8) is 0 Å². The van der Waals surface area contributed by atoms with Crippen LogP contribution in [0.4, 0.5) is 19.3 Å². The van der Waals surface area contributed by atoms with Crippen LogP contribution < -0.4 is 10.1 Å². The van der Waals surface area contributed by atoms with Gasteiger partial charge in [-0.2, -0.15) is 0 Å². The highest BCUT2D eigenvalue weighted by atomic mass is 19.1. The molecular formula is C19H16F2N2O3. The number of hydrogen-bond donors (Lipinski definition) is 1. The first-order valence-corrected chi connectivity index (χ1v) is 7.87. The molecule has 1 aliphatic heterocycles. The van der Waals surface area contributed by atoms with E-state index in [1.54, 1.807) is 6.07 Å². The van der Waals surface area contributed by atoms with Crippen molar-refractivity contribution in [1.82, 2.24) is 4.90 Å². The lowest BCUT2D eigenvalue weighted by molar-refractivity contribution is -0.116. The number of urea groups is 1. The monoisotopic (exact) mass is 358 g/mol. The SMILES string of the molecule is COc1cc(NC(=O)N2C=CC(=O)C[C@H]2c2cccc(F)c2)ccc1F. The number of methoxy groups -OCH3 is 1. The first-order valence-electron chi connectivity index (χ1n) is 7.87. The van der Waals surface area contributed by atoms with Crippen molar-refractivity contribution < 1.29 is 23.1 Å². The van der Waals surface area contributed by atoms with Crippen LogP contribution in [0.3, 0.4) is 0 Å². The normalized spacial score (nSPS) is 16.5. The fourth-order valence-electron chi connectivity index (χ4n) is 2.75. The molecule has 0 aliphatic carbocycles. The largest absolute Gasteiger partial charge is 0.494 e. The number of ether oxygens (including phenoxy) is 1. The highest BCUT2D eigenvalue weighted by Gasteiger charge is 2.29. The van der Waals surface area contributed by atoms with Crippen LogP contribution in [0.25, 0.3) is 0 Å². The van der Waals surface area contributed by atoms with Crippen LogP contribution >= 0.6 is 0 Å². The molecule has 5 nitrogen and oxygen atoms in total. The number of nitrogens with zero attached hydrogens (tertiary/aromatic N) is 1. The Morgan fingerprint density at radius 3 is 2.77 bits per heavy atom. The third-order valence-electron chi connectivity index (χ3n) is 4.02. The first kappa shape index (κ1) is 17.6. The number of allylic oxidation sites excluding steroid dienone is 1. The Hall–Kier alpha value is -3.22. The maximum absolute atomic E-state index is 13.5. The van der Waals surface area contributed by atoms with Crippen molar-refractivity contribution in [3.8, 4) is 5.75 Å². The summed E-state index contributed by atoms with van der Waals surface area (Å²) >= 11 is 0. The Balaban J connectivity index is 1.86. The summed E-state index contributed by atoms with van der Waals surface area (Å²) in [5, 5.41) is 2.63. The molecule has 1 heterocycles. The number of hydrogen-bond acceptors (Lipinski definition) is 3. The van der Waals surface area contributed by atoms with Gasteiger partial charge in [0.25, 0.3) is 0 Å². The average Bonchev–Trinajstić information content (AvgIpc) is 2.63. The molecule has 1 atom stereocenters. The van der Waals surface area contributed by atoms with Crippen molar-refractivity contribution >= 4 is 17.5 Å². The maximum atomic E-state index is 13.5. The van der Waals surface area contributed by atoms with Gasteiger partial charge >= 0.3 is 6.03 Å². The second-order valence-electron chi connectivity index (χ2n) is 5.74. The van der Waals surface area contributed by atoms with Crippen molar-refractivity contribution in [2.75, 3.05) is 12.4 Å². The van der Waals surface area contributed by atoms with E-state index < -0.39 is 23.7 Å². The van der Waals surface area contributed by atoms with E-state index in [9.17, 15) is 18.4 Å². The van der Waals surface area contributed by atoms with E-state index in [4.69, 9.17) is 4.74 Å². The minimum absolute atomic E-state index is 0.00570. The molecule has 0 saturated heterocycles. The third kappa shape index (κ3) is 3.72. The minimum atomic E-state index is -0.634. The summed E-state index contributed by atoms with van der Waals surface area (Å²) in [6.07, 6.45) is 2.69. The number of rotatable bonds is 3. The molecule has 3 rings (SSSR count). The predicted octanol–water partition coefficient (Wildman–Crippen LogP) is 4.04. The zero-order valence-electron chi connectivity index (χ0n) is 13.9. The topological polar surface area (TPSA) is 58.6 Å². The molecule has 0 saturated carbocycles. The lowest BCUT2D eigenvalue weighted by Crippen LogP contribution is -2.37. The van der Waals surface area contributed by atoms with E-state index in [1.165, 1.54) is 60.7 Å². The van der Waals surface area contributed by atoms with Crippen LogP contribution in [0.2, 0.25) is 0 Å². The molecule has 0 fully saturated rings. The van der Waals surface area contributed by atoms with Crippen molar-refractivity contribution in [3.05, 3.63) is 71.9 Å². The quantitative estimate of drug-likeness (QED) is 0.901. The Bertz CT molecular complexity index is 883. The number of amides is 2. The zero-order chi connectivity index (χ0) is 18.7. The number of nitrogens with one attached hydrogen (secondary N) is 1. The molecule has 134 valence electrons. The highest BCUT2D eigenvalue weighted by molar-refractivity contribution is 5.96. The van der Waals surface area contributed by atoms with E-state index in [2.05, 4.69) is 5.32 Å². The lowest BCUT2D eigenvalue weighted by Gasteiger charge is -2.31. The smallest absolute Gasteiger partial charge is 0.326 e. The Kier molecular flexibility index (Phi) is 4.97. The molecule has 0 bridgehead atoms. The summed E-state index contributed by atoms with van der Waals surface area (Å²) < 4.78 is 31.9. The molecule has 0 aromatic heterocycles. The van der Waals surface area contributed by atoms with Crippen LogP contribution in [0.5, 0.6) is 5.75 Å². The molecule has 0 spiro atoms. The molecule has 2 aromatic carbocycles. The summed E-state index contributed by atoms with van der Waals surface area (Å²) in [4.78, 5) is 25.7. The van der Waals surface area contributed by atoms with Gasteiger partial charge in [0.15, 0.2) is 17.3 Å². The van der Waals surface area contributed by atoms with Crippen LogP contribution in [0, 0.1) is 11.6 Å². The fourth-order valence-corrected chi connectivity index (χ4v) is 2.75. The van der Waals surface area contributed by atoms with Gasteiger partial charge in [-0.25, -0.2) is 13.6 Å². The molecule has 1 N–H and O–H groups in total. The van der Waals surface area contributed by atoms with Crippen molar-refractivity contribution in [2.45, 2.75) is 12.5 Å². The molecule has 0 radical (unpaired) electrons. The summed E-state index contributed by atoms with van der Waals surface area (Å²) in [5.41, 5.74) is 0.839. The average molecular weight is 358 g/mol. The van der Waals surface area contributed by atoms with Gasteiger partial charge < -0.3 is 10.1 Å². The maximum Gasteiger partial charge on any atom is 0.326 e.